The minimum Gasteiger partial charge on any atom is -0.494 e. The van der Waals surface area contributed by atoms with Gasteiger partial charge in [-0.1, -0.05) is 0 Å². The summed E-state index contributed by atoms with van der Waals surface area (Å²) in [5.41, 5.74) is 0.245. The molecule has 2 aromatic rings. The van der Waals surface area contributed by atoms with Gasteiger partial charge in [0.05, 0.1) is 17.7 Å². The number of hydrogen-bond donors (Lipinski definition) is 2. The summed E-state index contributed by atoms with van der Waals surface area (Å²) < 4.78 is 33.5. The van der Waals surface area contributed by atoms with Crippen molar-refractivity contribution in [1.82, 2.24) is 14.5 Å². The first-order chi connectivity index (χ1) is 10.8. The van der Waals surface area contributed by atoms with Crippen LogP contribution >= 0.6 is 0 Å². The summed E-state index contributed by atoms with van der Waals surface area (Å²) in [6.07, 6.45) is 2.75. The molecule has 0 aliphatic heterocycles. The van der Waals surface area contributed by atoms with Crippen molar-refractivity contribution in [1.29, 1.82) is 0 Å². The van der Waals surface area contributed by atoms with Gasteiger partial charge in [0.25, 0.3) is 0 Å². The molecule has 0 saturated carbocycles. The molecular weight excluding hydrogens is 322 g/mol. The molecule has 2 N–H and O–H groups in total. The monoisotopic (exact) mass is 339 g/mol. The second kappa shape index (κ2) is 6.80. The predicted octanol–water partition coefficient (Wildman–Crippen LogP) is 0.923. The van der Waals surface area contributed by atoms with Gasteiger partial charge in [0, 0.05) is 18.8 Å². The predicted molar refractivity (Wildman–Crippen MR) is 81.5 cm³/mol. The van der Waals surface area contributed by atoms with Crippen LogP contribution in [0.15, 0.2) is 41.6 Å². The molecule has 1 aromatic heterocycles. The van der Waals surface area contributed by atoms with E-state index in [1.165, 1.54) is 41.3 Å². The van der Waals surface area contributed by atoms with Crippen LogP contribution in [0.25, 0.3) is 0 Å². The van der Waals surface area contributed by atoms with Gasteiger partial charge in [-0.15, -0.1) is 0 Å². The zero-order chi connectivity index (χ0) is 17.0. The molecule has 0 radical (unpaired) electrons. The number of aryl methyl sites for hydroxylation is 1. The van der Waals surface area contributed by atoms with Gasteiger partial charge in [0.2, 0.25) is 10.0 Å². The molecule has 0 aliphatic rings. The Hall–Kier alpha value is -2.39. The fraction of sp³-hybridized carbons (Fsp3) is 0.286. The number of carbonyl (C=O) groups is 1. The van der Waals surface area contributed by atoms with Gasteiger partial charge in [0.1, 0.15) is 11.8 Å². The van der Waals surface area contributed by atoms with Crippen molar-refractivity contribution in [3.63, 3.8) is 0 Å². The van der Waals surface area contributed by atoms with Crippen molar-refractivity contribution in [2.24, 2.45) is 7.05 Å². The van der Waals surface area contributed by atoms with Gasteiger partial charge in [-0.2, -0.15) is 9.82 Å². The summed E-state index contributed by atoms with van der Waals surface area (Å²) in [6, 6.07) is 4.32. The van der Waals surface area contributed by atoms with E-state index in [1.807, 2.05) is 6.92 Å². The summed E-state index contributed by atoms with van der Waals surface area (Å²) >= 11 is 0. The third-order valence-electron chi connectivity index (χ3n) is 3.02. The third-order valence-corrected chi connectivity index (χ3v) is 4.46. The molecule has 1 aromatic carbocycles. The van der Waals surface area contributed by atoms with E-state index in [1.54, 1.807) is 7.05 Å². The van der Waals surface area contributed by atoms with E-state index in [4.69, 9.17) is 4.74 Å². The summed E-state index contributed by atoms with van der Waals surface area (Å²) in [5.74, 6) is -0.777. The Balaban J connectivity index is 2.25. The normalized spacial score (nSPS) is 12.8. The van der Waals surface area contributed by atoms with Crippen molar-refractivity contribution < 1.29 is 23.1 Å². The van der Waals surface area contributed by atoms with Crippen molar-refractivity contribution in [3.8, 4) is 5.75 Å². The summed E-state index contributed by atoms with van der Waals surface area (Å²) in [7, 11) is -2.38. The van der Waals surface area contributed by atoms with Crippen LogP contribution in [0.1, 0.15) is 18.5 Å². The largest absolute Gasteiger partial charge is 0.494 e. The molecule has 1 unspecified atom stereocenters. The molecule has 0 fully saturated rings. The Morgan fingerprint density at radius 3 is 2.52 bits per heavy atom. The first kappa shape index (κ1) is 17.0. The van der Waals surface area contributed by atoms with E-state index in [2.05, 4.69) is 9.82 Å². The second-order valence-corrected chi connectivity index (χ2v) is 6.46. The maximum Gasteiger partial charge on any atom is 0.326 e. The van der Waals surface area contributed by atoms with E-state index < -0.39 is 22.0 Å². The number of aliphatic carboxylic acids is 1. The van der Waals surface area contributed by atoms with E-state index in [-0.39, 0.29) is 10.5 Å². The molecule has 1 heterocycles. The number of nitrogens with zero attached hydrogens (tertiary/aromatic N) is 2. The zero-order valence-electron chi connectivity index (χ0n) is 12.6. The van der Waals surface area contributed by atoms with Gasteiger partial charge in [-0.3, -0.25) is 9.48 Å². The first-order valence-electron chi connectivity index (χ1n) is 6.80. The quantitative estimate of drug-likeness (QED) is 0.776. The van der Waals surface area contributed by atoms with Crippen molar-refractivity contribution in [3.05, 3.63) is 42.2 Å². The lowest BCUT2D eigenvalue weighted by Gasteiger charge is -2.13. The summed E-state index contributed by atoms with van der Waals surface area (Å²) in [5, 5.41) is 13.1. The SMILES string of the molecule is CCOc1ccc(S(=O)(=O)NC(C(=O)O)c2cnn(C)c2)cc1. The third kappa shape index (κ3) is 4.08. The van der Waals surface area contributed by atoms with Crippen LogP contribution in [-0.4, -0.2) is 35.9 Å². The smallest absolute Gasteiger partial charge is 0.326 e. The molecule has 0 amide bonds. The highest BCUT2D eigenvalue weighted by molar-refractivity contribution is 7.89. The summed E-state index contributed by atoms with van der Waals surface area (Å²) in [6.45, 7) is 2.28. The lowest BCUT2D eigenvalue weighted by atomic mass is 10.2. The average molecular weight is 339 g/mol. The number of rotatable bonds is 7. The number of aromatic nitrogens is 2. The van der Waals surface area contributed by atoms with Gasteiger partial charge in [-0.05, 0) is 31.2 Å². The fourth-order valence-corrected chi connectivity index (χ4v) is 3.13. The minimum atomic E-state index is -4.00. The first-order valence-corrected chi connectivity index (χ1v) is 8.28. The lowest BCUT2D eigenvalue weighted by Crippen LogP contribution is -2.33. The summed E-state index contributed by atoms with van der Waals surface area (Å²) in [4.78, 5) is 11.3. The van der Waals surface area contributed by atoms with Crippen LogP contribution in [-0.2, 0) is 21.9 Å². The molecular formula is C14H17N3O5S. The highest BCUT2D eigenvalue weighted by Crippen LogP contribution is 2.19. The number of carboxylic acid groups (broad SMARTS) is 1. The molecule has 8 nitrogen and oxygen atoms in total. The Morgan fingerprint density at radius 2 is 2.04 bits per heavy atom. The van der Waals surface area contributed by atoms with Crippen LogP contribution in [0.4, 0.5) is 0 Å². The molecule has 0 saturated heterocycles. The minimum absolute atomic E-state index is 0.0453. The Morgan fingerprint density at radius 1 is 1.39 bits per heavy atom. The molecule has 0 spiro atoms. The number of sulfonamides is 1. The molecule has 1 atom stereocenters. The Kier molecular flexibility index (Phi) is 5.02. The van der Waals surface area contributed by atoms with Gasteiger partial charge >= 0.3 is 5.97 Å². The molecule has 0 bridgehead atoms. The van der Waals surface area contributed by atoms with Crippen LogP contribution in [0.3, 0.4) is 0 Å². The zero-order valence-corrected chi connectivity index (χ0v) is 13.4. The molecule has 2 rings (SSSR count). The molecule has 124 valence electrons. The average Bonchev–Trinajstić information content (AvgIpc) is 2.92. The van der Waals surface area contributed by atoms with Crippen LogP contribution in [0.2, 0.25) is 0 Å². The Labute approximate surface area is 133 Å². The maximum atomic E-state index is 12.4. The van der Waals surface area contributed by atoms with Crippen LogP contribution in [0.5, 0.6) is 5.75 Å². The highest BCUT2D eigenvalue weighted by Gasteiger charge is 2.28. The van der Waals surface area contributed by atoms with Gasteiger partial charge in [-0.25, -0.2) is 8.42 Å². The van der Waals surface area contributed by atoms with E-state index in [9.17, 15) is 18.3 Å². The van der Waals surface area contributed by atoms with E-state index in [0.717, 1.165) is 0 Å². The highest BCUT2D eigenvalue weighted by atomic mass is 32.2. The topological polar surface area (TPSA) is 111 Å². The Bertz CT molecular complexity index is 783. The maximum absolute atomic E-state index is 12.4. The van der Waals surface area contributed by atoms with Crippen molar-refractivity contribution >= 4 is 16.0 Å². The number of hydrogen-bond acceptors (Lipinski definition) is 5. The molecule has 9 heteroatoms. The second-order valence-electron chi connectivity index (χ2n) is 4.74. The van der Waals surface area contributed by atoms with Gasteiger partial charge in [0.15, 0.2) is 0 Å². The standard InChI is InChI=1S/C14H17N3O5S/c1-3-22-11-4-6-12(7-5-11)23(20,21)16-13(14(18)19)10-8-15-17(2)9-10/h4-9,13,16H,3H2,1-2H3,(H,18,19). The molecule has 23 heavy (non-hydrogen) atoms. The van der Waals surface area contributed by atoms with Crippen LogP contribution < -0.4 is 9.46 Å². The molecule has 0 aliphatic carbocycles. The number of ether oxygens (including phenoxy) is 1. The number of nitrogens with one attached hydrogen (secondary N) is 1. The van der Waals surface area contributed by atoms with E-state index >= 15 is 0 Å². The number of benzene rings is 1. The number of carboxylic acids is 1. The van der Waals surface area contributed by atoms with Gasteiger partial charge < -0.3 is 9.84 Å². The van der Waals surface area contributed by atoms with Crippen molar-refractivity contribution in [2.45, 2.75) is 17.9 Å². The van der Waals surface area contributed by atoms with Crippen molar-refractivity contribution in [2.75, 3.05) is 6.61 Å². The lowest BCUT2D eigenvalue weighted by molar-refractivity contribution is -0.139. The fourth-order valence-electron chi connectivity index (χ4n) is 1.96. The van der Waals surface area contributed by atoms with Crippen LogP contribution in [0, 0.1) is 0 Å². The van der Waals surface area contributed by atoms with E-state index in [0.29, 0.717) is 12.4 Å².